The van der Waals surface area contributed by atoms with Crippen LogP contribution in [0.3, 0.4) is 0 Å². The number of amides is 1. The molecule has 0 spiro atoms. The molecule has 2 atom stereocenters. The Hall–Kier alpha value is -3.16. The molecule has 32 heavy (non-hydrogen) atoms. The summed E-state index contributed by atoms with van der Waals surface area (Å²) in [6.45, 7) is 8.77. The van der Waals surface area contributed by atoms with E-state index in [1.165, 1.54) is 6.42 Å². The van der Waals surface area contributed by atoms with E-state index >= 15 is 0 Å². The summed E-state index contributed by atoms with van der Waals surface area (Å²) in [4.78, 5) is 24.2. The van der Waals surface area contributed by atoms with Crippen molar-refractivity contribution in [3.63, 3.8) is 0 Å². The topological polar surface area (TPSA) is 93.4 Å². The lowest BCUT2D eigenvalue weighted by molar-refractivity contribution is -0.121. The van der Waals surface area contributed by atoms with Crippen LogP contribution in [-0.2, 0) is 17.8 Å². The molecule has 0 radical (unpaired) electrons. The highest BCUT2D eigenvalue weighted by atomic mass is 16.5. The summed E-state index contributed by atoms with van der Waals surface area (Å²) >= 11 is 0. The molecule has 1 fully saturated rings. The fraction of sp³-hybridized carbons (Fsp3) is 0.500. The number of carbonyl (C=O) groups excluding carboxylic acids is 1. The van der Waals surface area contributed by atoms with Gasteiger partial charge >= 0.3 is 0 Å². The van der Waals surface area contributed by atoms with Gasteiger partial charge < -0.3 is 19.5 Å². The lowest BCUT2D eigenvalue weighted by Gasteiger charge is -2.36. The zero-order valence-electron chi connectivity index (χ0n) is 19.2. The van der Waals surface area contributed by atoms with Crippen molar-refractivity contribution in [2.75, 3.05) is 25.1 Å². The number of para-hydroxylation sites is 1. The van der Waals surface area contributed by atoms with Crippen molar-refractivity contribution >= 4 is 22.8 Å². The van der Waals surface area contributed by atoms with Gasteiger partial charge in [-0.25, -0.2) is 4.98 Å². The molecule has 1 saturated heterocycles. The minimum absolute atomic E-state index is 0.0601. The molecule has 170 valence electrons. The Labute approximate surface area is 188 Å². The number of aromatic nitrogens is 3. The maximum Gasteiger partial charge on any atom is 0.263 e. The summed E-state index contributed by atoms with van der Waals surface area (Å²) in [5.74, 6) is 3.35. The van der Waals surface area contributed by atoms with Crippen molar-refractivity contribution in [1.82, 2.24) is 20.4 Å². The van der Waals surface area contributed by atoms with Crippen LogP contribution in [0, 0.1) is 18.8 Å². The number of benzene rings is 1. The lowest BCUT2D eigenvalue weighted by Crippen LogP contribution is -2.39. The van der Waals surface area contributed by atoms with Crippen LogP contribution >= 0.6 is 0 Å². The third kappa shape index (κ3) is 4.84. The van der Waals surface area contributed by atoms with Crippen LogP contribution in [0.4, 0.5) is 5.82 Å². The van der Waals surface area contributed by atoms with Crippen molar-refractivity contribution in [3.8, 4) is 5.75 Å². The monoisotopic (exact) mass is 437 g/mol. The second-order valence-electron chi connectivity index (χ2n) is 8.85. The van der Waals surface area contributed by atoms with Crippen molar-refractivity contribution in [2.24, 2.45) is 11.8 Å². The number of rotatable bonds is 7. The zero-order valence-corrected chi connectivity index (χ0v) is 19.2. The Kier molecular flexibility index (Phi) is 6.58. The fourth-order valence-electron chi connectivity index (χ4n) is 4.54. The van der Waals surface area contributed by atoms with Crippen molar-refractivity contribution in [3.05, 3.63) is 41.3 Å². The number of nitrogens with one attached hydrogen (secondary N) is 1. The Balaban J connectivity index is 1.47. The van der Waals surface area contributed by atoms with Crippen LogP contribution in [0.25, 0.3) is 11.1 Å². The first kappa shape index (κ1) is 22.0. The van der Waals surface area contributed by atoms with Crippen LogP contribution in [0.5, 0.6) is 5.75 Å². The van der Waals surface area contributed by atoms with E-state index in [0.717, 1.165) is 41.3 Å². The van der Waals surface area contributed by atoms with Gasteiger partial charge in [-0.05, 0) is 31.2 Å². The van der Waals surface area contributed by atoms with Gasteiger partial charge in [0.2, 0.25) is 5.91 Å². The largest absolute Gasteiger partial charge is 0.496 e. The van der Waals surface area contributed by atoms with E-state index in [2.05, 4.69) is 34.2 Å². The van der Waals surface area contributed by atoms with Crippen molar-refractivity contribution in [1.29, 1.82) is 0 Å². The highest BCUT2D eigenvalue weighted by molar-refractivity contribution is 5.88. The van der Waals surface area contributed by atoms with E-state index in [-0.39, 0.29) is 5.91 Å². The highest BCUT2D eigenvalue weighted by Gasteiger charge is 2.27. The van der Waals surface area contributed by atoms with Gasteiger partial charge in [0.05, 0.1) is 12.8 Å². The molecule has 1 amide bonds. The first-order chi connectivity index (χ1) is 15.4. The number of hydrogen-bond donors (Lipinski definition) is 1. The molecule has 8 nitrogen and oxygen atoms in total. The minimum atomic E-state index is -0.0601. The molecule has 4 rings (SSSR count). The smallest absolute Gasteiger partial charge is 0.263 e. The molecule has 0 bridgehead atoms. The number of carbonyl (C=O) groups is 1. The summed E-state index contributed by atoms with van der Waals surface area (Å²) in [7, 11) is 1.63. The number of nitrogens with zero attached hydrogens (tertiary/aromatic N) is 4. The second-order valence-corrected chi connectivity index (χ2v) is 8.85. The maximum atomic E-state index is 12.5. The average molecular weight is 438 g/mol. The van der Waals surface area contributed by atoms with Crippen LogP contribution in [0.2, 0.25) is 0 Å². The maximum absolute atomic E-state index is 12.5. The van der Waals surface area contributed by atoms with Crippen LogP contribution in [-0.4, -0.2) is 41.2 Å². The molecule has 1 N–H and O–H groups in total. The Morgan fingerprint density at radius 1 is 1.22 bits per heavy atom. The number of fused-ring (bicyclic) bond motifs is 1. The second kappa shape index (κ2) is 9.54. The molecule has 0 unspecified atom stereocenters. The Morgan fingerprint density at radius 2 is 1.97 bits per heavy atom. The molecular formula is C24H31N5O3. The molecule has 1 aliphatic rings. The zero-order chi connectivity index (χ0) is 22.7. The third-order valence-corrected chi connectivity index (χ3v) is 5.95. The van der Waals surface area contributed by atoms with Gasteiger partial charge in [0.15, 0.2) is 0 Å². The summed E-state index contributed by atoms with van der Waals surface area (Å²) < 4.78 is 10.8. The van der Waals surface area contributed by atoms with E-state index in [4.69, 9.17) is 14.2 Å². The number of hydrogen-bond acceptors (Lipinski definition) is 7. The van der Waals surface area contributed by atoms with Gasteiger partial charge in [-0.3, -0.25) is 4.79 Å². The minimum Gasteiger partial charge on any atom is -0.496 e. The number of aryl methyl sites for hydroxylation is 2. The Morgan fingerprint density at radius 3 is 2.72 bits per heavy atom. The van der Waals surface area contributed by atoms with Crippen LogP contribution < -0.4 is 15.0 Å². The normalized spacial score (nSPS) is 18.7. The van der Waals surface area contributed by atoms with E-state index in [1.807, 2.05) is 31.2 Å². The van der Waals surface area contributed by atoms with Crippen molar-refractivity contribution < 1.29 is 14.1 Å². The standard InChI is InChI=1S/C24H31N5O3/c1-15-11-16(2)14-29(13-15)23-22-17(3)28-32-24(22)27-20(26-23)9-10-21(30)25-12-18-7-5-6-8-19(18)31-4/h5-8,15-16H,9-14H2,1-4H3,(H,25,30)/t15-,16+. The molecular weight excluding hydrogens is 406 g/mol. The lowest BCUT2D eigenvalue weighted by atomic mass is 9.92. The van der Waals surface area contributed by atoms with E-state index < -0.39 is 0 Å². The number of anilines is 1. The summed E-state index contributed by atoms with van der Waals surface area (Å²) in [6.07, 6.45) is 1.94. The predicted molar refractivity (Wildman–Crippen MR) is 123 cm³/mol. The van der Waals surface area contributed by atoms with Gasteiger partial charge in [-0.2, -0.15) is 4.98 Å². The van der Waals surface area contributed by atoms with Gasteiger partial charge in [0, 0.05) is 38.0 Å². The fourth-order valence-corrected chi connectivity index (χ4v) is 4.54. The van der Waals surface area contributed by atoms with E-state index in [1.54, 1.807) is 7.11 Å². The summed E-state index contributed by atoms with van der Waals surface area (Å²) in [5, 5.41) is 7.93. The first-order valence-electron chi connectivity index (χ1n) is 11.2. The average Bonchev–Trinajstić information content (AvgIpc) is 3.16. The Bertz CT molecular complexity index is 1090. The molecule has 8 heteroatoms. The van der Waals surface area contributed by atoms with Gasteiger partial charge in [0.1, 0.15) is 22.8 Å². The van der Waals surface area contributed by atoms with Gasteiger partial charge in [-0.15, -0.1) is 0 Å². The molecule has 0 saturated carbocycles. The summed E-state index contributed by atoms with van der Waals surface area (Å²) in [5.41, 5.74) is 2.22. The third-order valence-electron chi connectivity index (χ3n) is 5.95. The first-order valence-corrected chi connectivity index (χ1v) is 11.2. The quantitative estimate of drug-likeness (QED) is 0.603. The number of methoxy groups -OCH3 is 1. The molecule has 1 aromatic carbocycles. The molecule has 1 aliphatic heterocycles. The van der Waals surface area contributed by atoms with E-state index in [0.29, 0.717) is 42.8 Å². The highest BCUT2D eigenvalue weighted by Crippen LogP contribution is 2.32. The van der Waals surface area contributed by atoms with Gasteiger partial charge in [-0.1, -0.05) is 37.2 Å². The van der Waals surface area contributed by atoms with E-state index in [9.17, 15) is 4.79 Å². The summed E-state index contributed by atoms with van der Waals surface area (Å²) in [6, 6.07) is 7.66. The predicted octanol–water partition coefficient (Wildman–Crippen LogP) is 3.67. The molecule has 0 aliphatic carbocycles. The van der Waals surface area contributed by atoms with Gasteiger partial charge in [0.25, 0.3) is 5.71 Å². The molecule has 3 heterocycles. The SMILES string of the molecule is COc1ccccc1CNC(=O)CCc1nc(N2C[C@H](C)C[C@H](C)C2)c2c(C)noc2n1. The van der Waals surface area contributed by atoms with Crippen LogP contribution in [0.15, 0.2) is 28.8 Å². The van der Waals surface area contributed by atoms with Crippen molar-refractivity contribution in [2.45, 2.75) is 46.6 Å². The number of piperidine rings is 1. The molecule has 2 aromatic heterocycles. The van der Waals surface area contributed by atoms with Crippen LogP contribution in [0.1, 0.15) is 43.8 Å². The number of ether oxygens (including phenoxy) is 1. The molecule has 3 aromatic rings.